The SMILES string of the molecule is O=C1CCOc2c(O)cccc21. The van der Waals surface area contributed by atoms with E-state index in [4.69, 9.17) is 4.74 Å². The fourth-order valence-corrected chi connectivity index (χ4v) is 1.28. The van der Waals surface area contributed by atoms with Gasteiger partial charge in [-0.15, -0.1) is 0 Å². The summed E-state index contributed by atoms with van der Waals surface area (Å²) in [5, 5.41) is 9.30. The summed E-state index contributed by atoms with van der Waals surface area (Å²) in [7, 11) is 0. The van der Waals surface area contributed by atoms with Gasteiger partial charge in [-0.25, -0.2) is 0 Å². The highest BCUT2D eigenvalue weighted by molar-refractivity contribution is 6.00. The second-order valence-corrected chi connectivity index (χ2v) is 2.68. The molecule has 3 heteroatoms. The van der Waals surface area contributed by atoms with E-state index in [1.165, 1.54) is 6.07 Å². The molecule has 0 fully saturated rings. The van der Waals surface area contributed by atoms with E-state index in [1.54, 1.807) is 12.1 Å². The molecular formula is C9H8O3. The highest BCUT2D eigenvalue weighted by Gasteiger charge is 2.20. The fraction of sp³-hybridized carbons (Fsp3) is 0.222. The van der Waals surface area contributed by atoms with Crippen molar-refractivity contribution in [2.45, 2.75) is 6.42 Å². The van der Waals surface area contributed by atoms with Crippen LogP contribution in [-0.2, 0) is 0 Å². The lowest BCUT2D eigenvalue weighted by atomic mass is 10.0. The summed E-state index contributed by atoms with van der Waals surface area (Å²) in [6.07, 6.45) is 0.399. The van der Waals surface area contributed by atoms with Crippen molar-refractivity contribution < 1.29 is 14.6 Å². The molecule has 1 heterocycles. The van der Waals surface area contributed by atoms with E-state index >= 15 is 0 Å². The molecule has 0 atom stereocenters. The molecule has 1 aliphatic heterocycles. The van der Waals surface area contributed by atoms with E-state index in [0.717, 1.165) is 0 Å². The molecule has 0 aromatic heterocycles. The van der Waals surface area contributed by atoms with Gasteiger partial charge in [0.2, 0.25) is 0 Å². The van der Waals surface area contributed by atoms with Crippen LogP contribution in [0.25, 0.3) is 0 Å². The van der Waals surface area contributed by atoms with Crippen molar-refractivity contribution >= 4 is 5.78 Å². The van der Waals surface area contributed by atoms with Crippen LogP contribution in [-0.4, -0.2) is 17.5 Å². The largest absolute Gasteiger partial charge is 0.504 e. The normalized spacial score (nSPS) is 15.2. The number of ether oxygens (including phenoxy) is 1. The lowest BCUT2D eigenvalue weighted by Crippen LogP contribution is -2.14. The molecule has 1 N–H and O–H groups in total. The lowest BCUT2D eigenvalue weighted by molar-refractivity contribution is 0.0930. The van der Waals surface area contributed by atoms with Gasteiger partial charge < -0.3 is 9.84 Å². The first-order valence-electron chi connectivity index (χ1n) is 3.77. The quantitative estimate of drug-likeness (QED) is 0.629. The van der Waals surface area contributed by atoms with Gasteiger partial charge in [0, 0.05) is 6.42 Å². The molecule has 0 saturated carbocycles. The van der Waals surface area contributed by atoms with Crippen LogP contribution < -0.4 is 4.74 Å². The molecule has 0 saturated heterocycles. The molecule has 0 amide bonds. The topological polar surface area (TPSA) is 46.5 Å². The Morgan fingerprint density at radius 3 is 3.00 bits per heavy atom. The van der Waals surface area contributed by atoms with Crippen molar-refractivity contribution in [1.82, 2.24) is 0 Å². The van der Waals surface area contributed by atoms with Crippen molar-refractivity contribution in [1.29, 1.82) is 0 Å². The fourth-order valence-electron chi connectivity index (χ4n) is 1.28. The number of ketones is 1. The summed E-state index contributed by atoms with van der Waals surface area (Å²) in [5.41, 5.74) is 0.487. The maximum atomic E-state index is 11.2. The van der Waals surface area contributed by atoms with Crippen molar-refractivity contribution in [3.63, 3.8) is 0 Å². The molecule has 0 radical (unpaired) electrons. The number of hydrogen-bond acceptors (Lipinski definition) is 3. The molecule has 2 rings (SSSR count). The molecule has 0 spiro atoms. The highest BCUT2D eigenvalue weighted by atomic mass is 16.5. The second kappa shape index (κ2) is 2.52. The molecule has 0 bridgehead atoms. The Morgan fingerprint density at radius 2 is 2.25 bits per heavy atom. The molecule has 62 valence electrons. The monoisotopic (exact) mass is 164 g/mol. The maximum Gasteiger partial charge on any atom is 0.171 e. The average Bonchev–Trinajstić information content (AvgIpc) is 2.07. The second-order valence-electron chi connectivity index (χ2n) is 2.68. The summed E-state index contributed by atoms with van der Waals surface area (Å²) in [6, 6.07) is 4.81. The first-order chi connectivity index (χ1) is 5.79. The smallest absolute Gasteiger partial charge is 0.171 e. The van der Waals surface area contributed by atoms with Gasteiger partial charge in [0.15, 0.2) is 17.3 Å². The minimum absolute atomic E-state index is 0.0344. The van der Waals surface area contributed by atoms with Gasteiger partial charge >= 0.3 is 0 Å². The van der Waals surface area contributed by atoms with Gasteiger partial charge in [0.1, 0.15) is 0 Å². The molecule has 1 aromatic rings. The zero-order valence-corrected chi connectivity index (χ0v) is 6.41. The van der Waals surface area contributed by atoms with Crippen LogP contribution in [0.1, 0.15) is 16.8 Å². The Balaban J connectivity index is 2.59. The van der Waals surface area contributed by atoms with Gasteiger partial charge in [0.05, 0.1) is 12.2 Å². The number of para-hydroxylation sites is 1. The maximum absolute atomic E-state index is 11.2. The minimum atomic E-state index is 0.0344. The third-order valence-corrected chi connectivity index (χ3v) is 1.87. The van der Waals surface area contributed by atoms with Gasteiger partial charge in [-0.3, -0.25) is 4.79 Å². The van der Waals surface area contributed by atoms with Crippen LogP contribution in [0.5, 0.6) is 11.5 Å². The van der Waals surface area contributed by atoms with Crippen LogP contribution in [0.2, 0.25) is 0 Å². The Kier molecular flexibility index (Phi) is 1.50. The van der Waals surface area contributed by atoms with Gasteiger partial charge in [-0.2, -0.15) is 0 Å². The Hall–Kier alpha value is -1.51. The van der Waals surface area contributed by atoms with Crippen LogP contribution >= 0.6 is 0 Å². The molecule has 0 aliphatic carbocycles. The van der Waals surface area contributed by atoms with Crippen LogP contribution in [0.15, 0.2) is 18.2 Å². The highest BCUT2D eigenvalue weighted by Crippen LogP contribution is 2.33. The summed E-state index contributed by atoms with van der Waals surface area (Å²) < 4.78 is 5.15. The number of carbonyl (C=O) groups excluding carboxylic acids is 1. The third kappa shape index (κ3) is 0.942. The molecule has 1 aliphatic rings. The van der Waals surface area contributed by atoms with E-state index in [1.807, 2.05) is 0 Å². The van der Waals surface area contributed by atoms with Crippen LogP contribution in [0.3, 0.4) is 0 Å². The Morgan fingerprint density at radius 1 is 1.42 bits per heavy atom. The number of fused-ring (bicyclic) bond motifs is 1. The predicted octanol–water partition coefficient (Wildman–Crippen LogP) is 1.36. The Labute approximate surface area is 69.6 Å². The number of Topliss-reactive ketones (excluding diaryl/α,β-unsaturated/α-hetero) is 1. The van der Waals surface area contributed by atoms with Gasteiger partial charge in [-0.05, 0) is 12.1 Å². The lowest BCUT2D eigenvalue weighted by Gasteiger charge is -2.16. The zero-order valence-electron chi connectivity index (χ0n) is 6.41. The molecule has 3 nitrogen and oxygen atoms in total. The Bertz CT molecular complexity index is 331. The van der Waals surface area contributed by atoms with Crippen LogP contribution in [0, 0.1) is 0 Å². The van der Waals surface area contributed by atoms with E-state index < -0.39 is 0 Å². The first-order valence-corrected chi connectivity index (χ1v) is 3.77. The van der Waals surface area contributed by atoms with Gasteiger partial charge in [-0.1, -0.05) is 6.07 Å². The van der Waals surface area contributed by atoms with Crippen LogP contribution in [0.4, 0.5) is 0 Å². The average molecular weight is 164 g/mol. The first kappa shape index (κ1) is 7.16. The molecule has 0 unspecified atom stereocenters. The number of benzene rings is 1. The molecule has 12 heavy (non-hydrogen) atoms. The summed E-state index contributed by atoms with van der Waals surface area (Å²) >= 11 is 0. The van der Waals surface area contributed by atoms with Crippen molar-refractivity contribution in [2.24, 2.45) is 0 Å². The summed E-state index contributed by atoms with van der Waals surface area (Å²) in [5.74, 6) is 0.404. The molecule has 1 aromatic carbocycles. The number of hydrogen-bond donors (Lipinski definition) is 1. The van der Waals surface area contributed by atoms with Crippen molar-refractivity contribution in [3.8, 4) is 11.5 Å². The zero-order chi connectivity index (χ0) is 8.55. The van der Waals surface area contributed by atoms with E-state index in [-0.39, 0.29) is 11.5 Å². The number of rotatable bonds is 0. The molecular weight excluding hydrogens is 156 g/mol. The van der Waals surface area contributed by atoms with E-state index in [0.29, 0.717) is 24.3 Å². The summed E-state index contributed by atoms with van der Waals surface area (Å²) in [6.45, 7) is 0.364. The van der Waals surface area contributed by atoms with Gasteiger partial charge in [0.25, 0.3) is 0 Å². The number of phenols is 1. The number of aromatic hydroxyl groups is 1. The van der Waals surface area contributed by atoms with Crippen molar-refractivity contribution in [3.05, 3.63) is 23.8 Å². The summed E-state index contributed by atoms with van der Waals surface area (Å²) in [4.78, 5) is 11.2. The third-order valence-electron chi connectivity index (χ3n) is 1.87. The standard InChI is InChI=1S/C9H8O3/c10-7-4-5-12-9-6(7)2-1-3-8(9)11/h1-3,11H,4-5H2. The van der Waals surface area contributed by atoms with E-state index in [2.05, 4.69) is 0 Å². The predicted molar refractivity (Wildman–Crippen MR) is 42.5 cm³/mol. The van der Waals surface area contributed by atoms with E-state index in [9.17, 15) is 9.90 Å². The van der Waals surface area contributed by atoms with Crippen molar-refractivity contribution in [2.75, 3.05) is 6.61 Å². The minimum Gasteiger partial charge on any atom is -0.504 e. The number of phenolic OH excluding ortho intramolecular Hbond substituents is 1. The number of carbonyl (C=O) groups is 1.